The predicted octanol–water partition coefficient (Wildman–Crippen LogP) is 4.52. The van der Waals surface area contributed by atoms with Crippen molar-refractivity contribution in [2.45, 2.75) is 72.0 Å². The highest BCUT2D eigenvalue weighted by atomic mass is 19.4. The van der Waals surface area contributed by atoms with Gasteiger partial charge in [0, 0.05) is 12.5 Å². The van der Waals surface area contributed by atoms with Crippen molar-refractivity contribution < 1.29 is 13.2 Å². The molecule has 4 heteroatoms. The van der Waals surface area contributed by atoms with Gasteiger partial charge in [0.25, 0.3) is 0 Å². The molecule has 0 aliphatic heterocycles. The van der Waals surface area contributed by atoms with E-state index in [0.717, 1.165) is 19.4 Å². The minimum absolute atomic E-state index is 0.156. The van der Waals surface area contributed by atoms with Gasteiger partial charge in [-0.05, 0) is 37.6 Å². The van der Waals surface area contributed by atoms with Crippen LogP contribution in [-0.2, 0) is 0 Å². The summed E-state index contributed by atoms with van der Waals surface area (Å²) in [6.07, 6.45) is -1.92. The summed E-state index contributed by atoms with van der Waals surface area (Å²) in [5.41, 5.74) is 0.156. The van der Waals surface area contributed by atoms with E-state index in [-0.39, 0.29) is 17.9 Å². The highest BCUT2D eigenvalue weighted by Gasteiger charge is 2.27. The fourth-order valence-corrected chi connectivity index (χ4v) is 1.91. The summed E-state index contributed by atoms with van der Waals surface area (Å²) >= 11 is 0. The molecule has 0 aliphatic carbocycles. The number of hydrogen-bond acceptors (Lipinski definition) is 1. The second kappa shape index (κ2) is 7.24. The molecule has 0 fully saturated rings. The SMILES string of the molecule is CCCNC(CCCC(F)(F)F)CC(C)(C)C. The molecule has 1 nitrogen and oxygen atoms in total. The summed E-state index contributed by atoms with van der Waals surface area (Å²) < 4.78 is 36.2. The first-order valence-corrected chi connectivity index (χ1v) is 6.44. The van der Waals surface area contributed by atoms with Crippen molar-refractivity contribution in [3.63, 3.8) is 0 Å². The Labute approximate surface area is 103 Å². The van der Waals surface area contributed by atoms with E-state index < -0.39 is 12.6 Å². The Morgan fingerprint density at radius 2 is 1.71 bits per heavy atom. The number of rotatable bonds is 7. The number of alkyl halides is 3. The maximum absolute atomic E-state index is 12.1. The van der Waals surface area contributed by atoms with Gasteiger partial charge < -0.3 is 5.32 Å². The molecule has 0 amide bonds. The molecule has 104 valence electrons. The fourth-order valence-electron chi connectivity index (χ4n) is 1.91. The monoisotopic (exact) mass is 253 g/mol. The summed E-state index contributed by atoms with van der Waals surface area (Å²) in [4.78, 5) is 0. The summed E-state index contributed by atoms with van der Waals surface area (Å²) in [6.45, 7) is 9.32. The van der Waals surface area contributed by atoms with E-state index in [4.69, 9.17) is 0 Å². The van der Waals surface area contributed by atoms with Crippen LogP contribution in [0, 0.1) is 5.41 Å². The Bertz CT molecular complexity index is 194. The highest BCUT2D eigenvalue weighted by molar-refractivity contribution is 4.75. The fraction of sp³-hybridized carbons (Fsp3) is 1.00. The van der Waals surface area contributed by atoms with E-state index in [0.29, 0.717) is 6.42 Å². The minimum atomic E-state index is -4.02. The van der Waals surface area contributed by atoms with Crippen LogP contribution in [0.1, 0.15) is 59.8 Å². The molecule has 0 spiro atoms. The van der Waals surface area contributed by atoms with Crippen LogP contribution in [0.15, 0.2) is 0 Å². The van der Waals surface area contributed by atoms with E-state index in [1.54, 1.807) is 0 Å². The molecule has 0 bridgehead atoms. The zero-order chi connectivity index (χ0) is 13.5. The van der Waals surface area contributed by atoms with E-state index in [2.05, 4.69) is 33.0 Å². The van der Waals surface area contributed by atoms with Crippen LogP contribution >= 0.6 is 0 Å². The van der Waals surface area contributed by atoms with Crippen LogP contribution in [-0.4, -0.2) is 18.8 Å². The Morgan fingerprint density at radius 3 is 2.12 bits per heavy atom. The lowest BCUT2D eigenvalue weighted by atomic mass is 9.86. The van der Waals surface area contributed by atoms with Gasteiger partial charge in [0.15, 0.2) is 0 Å². The van der Waals surface area contributed by atoms with Crippen molar-refractivity contribution in [1.82, 2.24) is 5.32 Å². The molecule has 1 unspecified atom stereocenters. The number of hydrogen-bond donors (Lipinski definition) is 1. The third kappa shape index (κ3) is 12.0. The summed E-state index contributed by atoms with van der Waals surface area (Å²) in [7, 11) is 0. The average Bonchev–Trinajstić information content (AvgIpc) is 2.09. The first-order valence-electron chi connectivity index (χ1n) is 6.44. The normalized spacial score (nSPS) is 15.0. The molecule has 17 heavy (non-hydrogen) atoms. The topological polar surface area (TPSA) is 12.0 Å². The van der Waals surface area contributed by atoms with Crippen LogP contribution in [0.25, 0.3) is 0 Å². The minimum Gasteiger partial charge on any atom is -0.314 e. The average molecular weight is 253 g/mol. The van der Waals surface area contributed by atoms with Gasteiger partial charge in [-0.2, -0.15) is 13.2 Å². The summed E-state index contributed by atoms with van der Waals surface area (Å²) in [5.74, 6) is 0. The molecule has 0 heterocycles. The second-order valence-corrected chi connectivity index (χ2v) is 5.92. The maximum atomic E-state index is 12.1. The van der Waals surface area contributed by atoms with Crippen LogP contribution in [0.2, 0.25) is 0 Å². The summed E-state index contributed by atoms with van der Waals surface area (Å²) in [5, 5.41) is 3.34. The lowest BCUT2D eigenvalue weighted by Gasteiger charge is -2.27. The smallest absolute Gasteiger partial charge is 0.314 e. The van der Waals surface area contributed by atoms with E-state index >= 15 is 0 Å². The van der Waals surface area contributed by atoms with E-state index in [9.17, 15) is 13.2 Å². The molecular weight excluding hydrogens is 227 g/mol. The van der Waals surface area contributed by atoms with Gasteiger partial charge in [-0.1, -0.05) is 27.7 Å². The van der Waals surface area contributed by atoms with Gasteiger partial charge in [-0.15, -0.1) is 0 Å². The first kappa shape index (κ1) is 16.8. The molecule has 0 aliphatic rings. The second-order valence-electron chi connectivity index (χ2n) is 5.92. The maximum Gasteiger partial charge on any atom is 0.389 e. The molecule has 0 rings (SSSR count). The molecule has 0 aromatic heterocycles. The van der Waals surface area contributed by atoms with Gasteiger partial charge in [0.05, 0.1) is 0 Å². The van der Waals surface area contributed by atoms with Gasteiger partial charge in [-0.3, -0.25) is 0 Å². The Balaban J connectivity index is 4.02. The Kier molecular flexibility index (Phi) is 7.14. The number of halogens is 3. The van der Waals surface area contributed by atoms with E-state index in [1.807, 2.05) is 0 Å². The lowest BCUT2D eigenvalue weighted by Crippen LogP contribution is -2.33. The first-order chi connectivity index (χ1) is 7.64. The van der Waals surface area contributed by atoms with Crippen LogP contribution in [0.5, 0.6) is 0 Å². The highest BCUT2D eigenvalue weighted by Crippen LogP contribution is 2.26. The quantitative estimate of drug-likeness (QED) is 0.703. The van der Waals surface area contributed by atoms with E-state index in [1.165, 1.54) is 0 Å². The van der Waals surface area contributed by atoms with Gasteiger partial charge in [0.1, 0.15) is 0 Å². The van der Waals surface area contributed by atoms with Crippen molar-refractivity contribution in [3.8, 4) is 0 Å². The van der Waals surface area contributed by atoms with Crippen molar-refractivity contribution in [3.05, 3.63) is 0 Å². The van der Waals surface area contributed by atoms with Crippen molar-refractivity contribution in [1.29, 1.82) is 0 Å². The Hall–Kier alpha value is -0.250. The predicted molar refractivity (Wildman–Crippen MR) is 66.1 cm³/mol. The largest absolute Gasteiger partial charge is 0.389 e. The standard InChI is InChI=1S/C13H26F3N/c1-5-9-17-11(10-12(2,3)4)7-6-8-13(14,15)16/h11,17H,5-10H2,1-4H3. The third-order valence-corrected chi connectivity index (χ3v) is 2.55. The van der Waals surface area contributed by atoms with Crippen LogP contribution < -0.4 is 5.32 Å². The molecule has 0 saturated heterocycles. The third-order valence-electron chi connectivity index (χ3n) is 2.55. The summed E-state index contributed by atoms with van der Waals surface area (Å²) in [6, 6.07) is 0.206. The Morgan fingerprint density at radius 1 is 1.12 bits per heavy atom. The van der Waals surface area contributed by atoms with Crippen molar-refractivity contribution in [2.75, 3.05) is 6.54 Å². The molecule has 1 N–H and O–H groups in total. The molecule has 0 radical (unpaired) electrons. The van der Waals surface area contributed by atoms with Gasteiger partial charge in [0.2, 0.25) is 0 Å². The molecule has 0 aromatic carbocycles. The van der Waals surface area contributed by atoms with Crippen molar-refractivity contribution in [2.24, 2.45) is 5.41 Å². The van der Waals surface area contributed by atoms with Crippen LogP contribution in [0.3, 0.4) is 0 Å². The zero-order valence-electron chi connectivity index (χ0n) is 11.5. The van der Waals surface area contributed by atoms with Gasteiger partial charge in [-0.25, -0.2) is 0 Å². The van der Waals surface area contributed by atoms with Crippen LogP contribution in [0.4, 0.5) is 13.2 Å². The zero-order valence-corrected chi connectivity index (χ0v) is 11.5. The van der Waals surface area contributed by atoms with Gasteiger partial charge >= 0.3 is 6.18 Å². The lowest BCUT2D eigenvalue weighted by molar-refractivity contribution is -0.135. The van der Waals surface area contributed by atoms with Crippen molar-refractivity contribution >= 4 is 0 Å². The molecule has 0 aromatic rings. The molecule has 1 atom stereocenters. The number of nitrogens with one attached hydrogen (secondary N) is 1. The molecular formula is C13H26F3N. The molecule has 0 saturated carbocycles.